The Morgan fingerprint density at radius 3 is 2.17 bits per heavy atom. The molecule has 29 heavy (non-hydrogen) atoms. The minimum atomic E-state index is -4.75. The second kappa shape index (κ2) is 8.45. The quantitative estimate of drug-likeness (QED) is 0.402. The second-order valence-electron chi connectivity index (χ2n) is 6.71. The van der Waals surface area contributed by atoms with Crippen LogP contribution in [-0.2, 0) is 6.05 Å². The normalized spacial score (nSPS) is 14.0. The molecule has 0 aliphatic carbocycles. The largest absolute Gasteiger partial charge is 0.399 e. The molecule has 1 nitrogen and oxygen atoms in total. The van der Waals surface area contributed by atoms with E-state index in [4.69, 9.17) is 0 Å². The first-order valence-corrected chi connectivity index (χ1v) is 8.76. The van der Waals surface area contributed by atoms with Crippen molar-refractivity contribution in [3.05, 3.63) is 82.4 Å². The van der Waals surface area contributed by atoms with Crippen molar-refractivity contribution in [2.24, 2.45) is 0 Å². The van der Waals surface area contributed by atoms with Gasteiger partial charge in [0.25, 0.3) is 0 Å². The van der Waals surface area contributed by atoms with E-state index < -0.39 is 29.5 Å². The number of hydrogen-bond acceptors (Lipinski definition) is 1. The minimum Gasteiger partial charge on any atom is -0.257 e. The van der Waals surface area contributed by atoms with Crippen molar-refractivity contribution in [3.63, 3.8) is 0 Å². The van der Waals surface area contributed by atoms with Crippen LogP contribution in [0.1, 0.15) is 39.3 Å². The van der Waals surface area contributed by atoms with Crippen LogP contribution in [0.2, 0.25) is 0 Å². The molecule has 1 atom stereocenters. The minimum absolute atomic E-state index is 0.0439. The number of rotatable bonds is 6. The number of halogens is 6. The molecule has 0 aliphatic heterocycles. The lowest BCUT2D eigenvalue weighted by atomic mass is 9.93. The fourth-order valence-corrected chi connectivity index (χ4v) is 2.87. The lowest BCUT2D eigenvalue weighted by molar-refractivity contribution is -0.139. The number of aryl methyl sites for hydroxylation is 2. The lowest BCUT2D eigenvalue weighted by Crippen LogP contribution is -2.31. The van der Waals surface area contributed by atoms with Crippen molar-refractivity contribution in [1.29, 1.82) is 0 Å². The first-order valence-electron chi connectivity index (χ1n) is 8.76. The van der Waals surface area contributed by atoms with Gasteiger partial charge in [0.2, 0.25) is 0 Å². The average Bonchev–Trinajstić information content (AvgIpc) is 2.66. The Balaban J connectivity index is 2.57. The molecule has 0 heterocycles. The van der Waals surface area contributed by atoms with Gasteiger partial charge in [-0.25, -0.2) is 4.39 Å². The molecule has 2 aromatic rings. The highest BCUT2D eigenvalue weighted by Gasteiger charge is 2.40. The van der Waals surface area contributed by atoms with E-state index in [2.05, 4.69) is 6.58 Å². The van der Waals surface area contributed by atoms with Crippen molar-refractivity contribution < 1.29 is 26.3 Å². The van der Waals surface area contributed by atoms with Gasteiger partial charge in [0, 0.05) is 11.1 Å². The summed E-state index contributed by atoms with van der Waals surface area (Å²) in [6.07, 6.45) is -3.17. The van der Waals surface area contributed by atoms with E-state index in [1.165, 1.54) is 30.3 Å². The van der Waals surface area contributed by atoms with E-state index in [0.29, 0.717) is 11.6 Å². The third-order valence-electron chi connectivity index (χ3n) is 4.76. The van der Waals surface area contributed by atoms with Crippen LogP contribution in [0, 0.1) is 13.8 Å². The van der Waals surface area contributed by atoms with Gasteiger partial charge in [0.05, 0.1) is 0 Å². The van der Waals surface area contributed by atoms with Gasteiger partial charge in [-0.2, -0.15) is 22.0 Å². The Morgan fingerprint density at radius 2 is 1.66 bits per heavy atom. The van der Waals surface area contributed by atoms with Crippen LogP contribution in [0.3, 0.4) is 0 Å². The van der Waals surface area contributed by atoms with E-state index in [1.807, 2.05) is 0 Å². The van der Waals surface area contributed by atoms with Crippen LogP contribution >= 0.6 is 0 Å². The zero-order valence-corrected chi connectivity index (χ0v) is 16.2. The molecule has 0 saturated heterocycles. The fourth-order valence-electron chi connectivity index (χ4n) is 2.87. The summed E-state index contributed by atoms with van der Waals surface area (Å²) in [6.45, 7) is 6.84. The number of hydrogen-bond donors (Lipinski definition) is 1. The van der Waals surface area contributed by atoms with Crippen molar-refractivity contribution in [1.82, 2.24) is 5.32 Å². The van der Waals surface area contributed by atoms with Crippen LogP contribution in [-0.4, -0.2) is 13.2 Å². The Kier molecular flexibility index (Phi) is 6.63. The number of benzene rings is 2. The highest BCUT2D eigenvalue weighted by atomic mass is 19.4. The van der Waals surface area contributed by atoms with Gasteiger partial charge >= 0.3 is 12.2 Å². The lowest BCUT2D eigenvalue weighted by Gasteiger charge is -2.20. The van der Waals surface area contributed by atoms with Gasteiger partial charge in [-0.3, -0.25) is 5.32 Å². The molecular weight excluding hydrogens is 392 g/mol. The molecule has 0 aromatic heterocycles. The van der Waals surface area contributed by atoms with Crippen LogP contribution in [0.25, 0.3) is 11.9 Å². The smallest absolute Gasteiger partial charge is 0.257 e. The summed E-state index contributed by atoms with van der Waals surface area (Å²) in [4.78, 5) is 0. The molecule has 0 bridgehead atoms. The van der Waals surface area contributed by atoms with E-state index in [0.717, 1.165) is 24.7 Å². The maximum atomic E-state index is 14.8. The third-order valence-corrected chi connectivity index (χ3v) is 4.76. The van der Waals surface area contributed by atoms with E-state index in [9.17, 15) is 26.3 Å². The van der Waals surface area contributed by atoms with E-state index >= 15 is 0 Å². The highest BCUT2D eigenvalue weighted by Crippen LogP contribution is 2.39. The van der Waals surface area contributed by atoms with Gasteiger partial charge in [0.1, 0.15) is 11.7 Å². The van der Waals surface area contributed by atoms with Crippen LogP contribution in [0.15, 0.2) is 49.1 Å². The van der Waals surface area contributed by atoms with Gasteiger partial charge in [0.15, 0.2) is 0 Å². The molecule has 0 radical (unpaired) electrons. The zero-order chi connectivity index (χ0) is 22.0. The first kappa shape index (κ1) is 22.7. The number of nitrogens with one attached hydrogen (secondary N) is 1. The van der Waals surface area contributed by atoms with Crippen LogP contribution in [0.4, 0.5) is 26.3 Å². The summed E-state index contributed by atoms with van der Waals surface area (Å²) in [5.41, 5.74) is 0.404. The Labute approximate surface area is 165 Å². The molecule has 7 heteroatoms. The SMILES string of the molecule is C=Cc1ccc(/C(F)=C/C(c2ccc(C)c(C)c2)C(F)(F)F)cc1C(F)(F)NC. The molecule has 1 N–H and O–H groups in total. The van der Waals surface area contributed by atoms with Gasteiger partial charge in [-0.15, -0.1) is 0 Å². The second-order valence-corrected chi connectivity index (χ2v) is 6.71. The predicted molar refractivity (Wildman–Crippen MR) is 103 cm³/mol. The van der Waals surface area contributed by atoms with Crippen molar-refractivity contribution in [2.75, 3.05) is 7.05 Å². The Bertz CT molecular complexity index is 927. The average molecular weight is 413 g/mol. The maximum absolute atomic E-state index is 14.8. The summed E-state index contributed by atoms with van der Waals surface area (Å²) in [7, 11) is 1.02. The topological polar surface area (TPSA) is 12.0 Å². The fraction of sp³-hybridized carbons (Fsp3) is 0.273. The summed E-state index contributed by atoms with van der Waals surface area (Å²) >= 11 is 0. The molecule has 0 saturated carbocycles. The third kappa shape index (κ3) is 5.09. The molecule has 1 unspecified atom stereocenters. The van der Waals surface area contributed by atoms with E-state index in [1.54, 1.807) is 19.2 Å². The standard InChI is InChI=1S/C22H21F6N/c1-5-15-8-9-17(11-19(15)22(27,28)29-4)20(23)12-18(21(24,25)26)16-7-6-13(2)14(3)10-16/h5-12,18,29H,1H2,2-4H3/b20-12-. The Hall–Kier alpha value is -2.54. The predicted octanol–water partition coefficient (Wildman–Crippen LogP) is 6.87. The number of alkyl halides is 5. The molecule has 156 valence electrons. The summed E-state index contributed by atoms with van der Waals surface area (Å²) < 4.78 is 83.8. The molecule has 0 amide bonds. The Morgan fingerprint density at radius 1 is 1.00 bits per heavy atom. The molecule has 0 aliphatic rings. The van der Waals surface area contributed by atoms with Crippen LogP contribution < -0.4 is 5.32 Å². The van der Waals surface area contributed by atoms with Crippen LogP contribution in [0.5, 0.6) is 0 Å². The van der Waals surface area contributed by atoms with Crippen molar-refractivity contribution >= 4 is 11.9 Å². The summed E-state index contributed by atoms with van der Waals surface area (Å²) in [5.74, 6) is -3.46. The molecule has 0 fully saturated rings. The summed E-state index contributed by atoms with van der Waals surface area (Å²) in [5, 5.41) is 1.80. The molecule has 0 spiro atoms. The van der Waals surface area contributed by atoms with E-state index in [-0.39, 0.29) is 16.7 Å². The molecular formula is C22H21F6N. The van der Waals surface area contributed by atoms with Gasteiger partial charge in [-0.1, -0.05) is 43.0 Å². The summed E-state index contributed by atoms with van der Waals surface area (Å²) in [6, 6.07) is 3.81. The highest BCUT2D eigenvalue weighted by molar-refractivity contribution is 5.65. The van der Waals surface area contributed by atoms with Crippen molar-refractivity contribution in [2.45, 2.75) is 32.0 Å². The maximum Gasteiger partial charge on any atom is 0.399 e. The number of allylic oxidation sites excluding steroid dienone is 1. The zero-order valence-electron chi connectivity index (χ0n) is 16.2. The van der Waals surface area contributed by atoms with Crippen molar-refractivity contribution in [3.8, 4) is 0 Å². The van der Waals surface area contributed by atoms with Gasteiger partial charge < -0.3 is 0 Å². The molecule has 2 aromatic carbocycles. The first-order chi connectivity index (χ1) is 13.4. The molecule has 2 rings (SSSR count). The van der Waals surface area contributed by atoms with Gasteiger partial charge in [-0.05, 0) is 55.3 Å². The monoisotopic (exact) mass is 413 g/mol.